The number of furan rings is 1. The van der Waals surface area contributed by atoms with Gasteiger partial charge in [-0.2, -0.15) is 0 Å². The van der Waals surface area contributed by atoms with Crippen molar-refractivity contribution in [3.05, 3.63) is 212 Å². The third-order valence-electron chi connectivity index (χ3n) is 12.5. The third kappa shape index (κ3) is 4.79. The number of para-hydroxylation sites is 5. The molecule has 0 aliphatic heterocycles. The van der Waals surface area contributed by atoms with Crippen molar-refractivity contribution < 1.29 is 4.42 Å². The van der Waals surface area contributed by atoms with Crippen molar-refractivity contribution in [3.63, 3.8) is 0 Å². The van der Waals surface area contributed by atoms with Crippen LogP contribution in [0.2, 0.25) is 0 Å². The molecule has 4 heteroatoms. The number of hydrogen-bond donors (Lipinski definition) is 0. The summed E-state index contributed by atoms with van der Waals surface area (Å²) >= 11 is 0. The monoisotopic (exact) mass is 765 g/mol. The van der Waals surface area contributed by atoms with Gasteiger partial charge >= 0.3 is 0 Å². The lowest BCUT2D eigenvalue weighted by molar-refractivity contribution is 0.645. The van der Waals surface area contributed by atoms with Crippen molar-refractivity contribution in [2.24, 2.45) is 0 Å². The molecule has 0 atom stereocenters. The number of benzene rings is 9. The minimum atomic E-state index is 0.872. The summed E-state index contributed by atoms with van der Waals surface area (Å²) in [5.41, 5.74) is 15.8. The van der Waals surface area contributed by atoms with Gasteiger partial charge in [0.15, 0.2) is 0 Å². The zero-order chi connectivity index (χ0) is 39.3. The molecule has 13 aromatic rings. The van der Waals surface area contributed by atoms with E-state index in [1.807, 2.05) is 6.07 Å². The SMILES string of the molecule is c1ccc(-n2c3ccccc3c3cc(-c4ccc5c(c4)c4cc(-c6ccc(-n7c8ccccc8c8c9ccccc9oc87)cc6)ccc4n5-c4ccccc4)ccc32)cc1. The average Bonchev–Trinajstić information content (AvgIpc) is 4.05. The smallest absolute Gasteiger partial charge is 0.213 e. The molecule has 0 unspecified atom stereocenters. The van der Waals surface area contributed by atoms with Gasteiger partial charge in [-0.1, -0.05) is 121 Å². The normalized spacial score (nSPS) is 12.0. The Morgan fingerprint density at radius 2 is 0.667 bits per heavy atom. The van der Waals surface area contributed by atoms with E-state index in [9.17, 15) is 0 Å². The predicted molar refractivity (Wildman–Crippen MR) is 250 cm³/mol. The van der Waals surface area contributed by atoms with E-state index < -0.39 is 0 Å². The van der Waals surface area contributed by atoms with E-state index in [2.05, 4.69) is 220 Å². The summed E-state index contributed by atoms with van der Waals surface area (Å²) in [7, 11) is 0. The summed E-state index contributed by atoms with van der Waals surface area (Å²) in [5.74, 6) is 0. The highest BCUT2D eigenvalue weighted by atomic mass is 16.3. The van der Waals surface area contributed by atoms with Gasteiger partial charge in [0.2, 0.25) is 5.71 Å². The summed E-state index contributed by atoms with van der Waals surface area (Å²) < 4.78 is 13.6. The lowest BCUT2D eigenvalue weighted by atomic mass is 9.99. The molecule has 0 aliphatic rings. The lowest BCUT2D eigenvalue weighted by Crippen LogP contribution is -1.93. The van der Waals surface area contributed by atoms with Crippen molar-refractivity contribution in [3.8, 4) is 39.3 Å². The van der Waals surface area contributed by atoms with Crippen molar-refractivity contribution in [2.75, 3.05) is 0 Å². The molecule has 13 rings (SSSR count). The molecule has 60 heavy (non-hydrogen) atoms. The Morgan fingerprint density at radius 3 is 1.25 bits per heavy atom. The Kier molecular flexibility index (Phi) is 6.98. The van der Waals surface area contributed by atoms with Crippen LogP contribution in [0.4, 0.5) is 0 Å². The fourth-order valence-electron chi connectivity index (χ4n) is 9.74. The van der Waals surface area contributed by atoms with Crippen LogP contribution in [-0.2, 0) is 0 Å². The van der Waals surface area contributed by atoms with Crippen LogP contribution >= 0.6 is 0 Å². The minimum absolute atomic E-state index is 0.872. The Balaban J connectivity index is 0.959. The number of rotatable bonds is 5. The Hall–Kier alpha value is -8.08. The molecule has 4 heterocycles. The number of nitrogens with zero attached hydrogens (tertiary/aromatic N) is 3. The van der Waals surface area contributed by atoms with Crippen LogP contribution < -0.4 is 0 Å². The topological polar surface area (TPSA) is 27.9 Å². The molecule has 4 nitrogen and oxygen atoms in total. The molecule has 0 radical (unpaired) electrons. The summed E-state index contributed by atoms with van der Waals surface area (Å²) in [4.78, 5) is 0. The first kappa shape index (κ1) is 32.9. The van der Waals surface area contributed by atoms with Crippen molar-refractivity contribution in [1.82, 2.24) is 13.7 Å². The van der Waals surface area contributed by atoms with E-state index in [1.165, 1.54) is 71.4 Å². The van der Waals surface area contributed by atoms with E-state index in [1.54, 1.807) is 0 Å². The van der Waals surface area contributed by atoms with Crippen molar-refractivity contribution in [1.29, 1.82) is 0 Å². The second-order valence-corrected chi connectivity index (χ2v) is 15.7. The molecule has 0 saturated carbocycles. The Bertz CT molecular complexity index is 3810. The predicted octanol–water partition coefficient (Wildman–Crippen LogP) is 15.1. The number of fused-ring (bicyclic) bond motifs is 11. The van der Waals surface area contributed by atoms with Gasteiger partial charge in [-0.05, 0) is 113 Å². The fourth-order valence-corrected chi connectivity index (χ4v) is 9.74. The van der Waals surface area contributed by atoms with Gasteiger partial charge in [-0.3, -0.25) is 4.57 Å². The number of aromatic nitrogens is 3. The minimum Gasteiger partial charge on any atom is -0.439 e. The van der Waals surface area contributed by atoms with Crippen LogP contribution in [-0.4, -0.2) is 13.7 Å². The third-order valence-corrected chi connectivity index (χ3v) is 12.5. The van der Waals surface area contributed by atoms with Crippen molar-refractivity contribution >= 4 is 76.6 Å². The zero-order valence-corrected chi connectivity index (χ0v) is 32.5. The molecular formula is C56H35N3O. The standard InChI is InChI=1S/C56H35N3O/c1-3-13-40(14-4-1)57-49-20-10-7-17-43(49)46-34-38(26-31-51(46)57)39-27-32-53-48(35-39)47-33-37(25-30-52(47)58(53)41-15-5-2-6-16-41)36-23-28-42(29-24-36)59-50-21-11-8-18-44(50)55-45-19-9-12-22-54(45)60-56(55)59/h1-35H. The largest absolute Gasteiger partial charge is 0.439 e. The van der Waals surface area contributed by atoms with E-state index in [0.29, 0.717) is 0 Å². The molecule has 0 aliphatic carbocycles. The van der Waals surface area contributed by atoms with Gasteiger partial charge in [0, 0.05) is 49.4 Å². The maximum Gasteiger partial charge on any atom is 0.213 e. The van der Waals surface area contributed by atoms with E-state index >= 15 is 0 Å². The Morgan fingerprint density at radius 1 is 0.267 bits per heavy atom. The molecule has 0 N–H and O–H groups in total. The second kappa shape index (κ2) is 12.7. The van der Waals surface area contributed by atoms with Gasteiger partial charge in [0.25, 0.3) is 0 Å². The van der Waals surface area contributed by atoms with Crippen LogP contribution in [0.1, 0.15) is 0 Å². The highest BCUT2D eigenvalue weighted by Gasteiger charge is 2.20. The van der Waals surface area contributed by atoms with Gasteiger partial charge in [0.1, 0.15) is 5.58 Å². The van der Waals surface area contributed by atoms with E-state index in [4.69, 9.17) is 4.42 Å². The maximum absolute atomic E-state index is 6.53. The maximum atomic E-state index is 6.53. The van der Waals surface area contributed by atoms with Crippen LogP contribution in [0.3, 0.4) is 0 Å². The highest BCUT2D eigenvalue weighted by Crippen LogP contribution is 2.41. The molecule has 4 aromatic heterocycles. The summed E-state index contributed by atoms with van der Waals surface area (Å²) in [6.45, 7) is 0. The molecule has 9 aromatic carbocycles. The Labute approximate surface area is 345 Å². The van der Waals surface area contributed by atoms with Crippen LogP contribution in [0.15, 0.2) is 217 Å². The first-order valence-corrected chi connectivity index (χ1v) is 20.5. The van der Waals surface area contributed by atoms with Crippen molar-refractivity contribution in [2.45, 2.75) is 0 Å². The number of hydrogen-bond acceptors (Lipinski definition) is 1. The van der Waals surface area contributed by atoms with E-state index in [0.717, 1.165) is 44.5 Å². The molecular weight excluding hydrogens is 731 g/mol. The second-order valence-electron chi connectivity index (χ2n) is 15.7. The molecule has 0 bridgehead atoms. The summed E-state index contributed by atoms with van der Waals surface area (Å²) in [6, 6.07) is 76.7. The van der Waals surface area contributed by atoms with Gasteiger partial charge in [0.05, 0.1) is 33.0 Å². The molecule has 0 saturated heterocycles. The van der Waals surface area contributed by atoms with Gasteiger partial charge in [-0.15, -0.1) is 0 Å². The molecule has 0 spiro atoms. The zero-order valence-electron chi connectivity index (χ0n) is 32.5. The van der Waals surface area contributed by atoms with Gasteiger partial charge in [-0.25, -0.2) is 0 Å². The molecule has 0 fully saturated rings. The summed E-state index contributed by atoms with van der Waals surface area (Å²) in [5, 5.41) is 8.44. The molecule has 0 amide bonds. The summed E-state index contributed by atoms with van der Waals surface area (Å²) in [6.07, 6.45) is 0. The van der Waals surface area contributed by atoms with Crippen LogP contribution in [0.5, 0.6) is 0 Å². The molecule has 280 valence electrons. The first-order valence-electron chi connectivity index (χ1n) is 20.5. The average molecular weight is 766 g/mol. The van der Waals surface area contributed by atoms with Crippen LogP contribution in [0, 0.1) is 0 Å². The quantitative estimate of drug-likeness (QED) is 0.171. The van der Waals surface area contributed by atoms with E-state index in [-0.39, 0.29) is 0 Å². The van der Waals surface area contributed by atoms with Gasteiger partial charge < -0.3 is 13.6 Å². The van der Waals surface area contributed by atoms with Crippen LogP contribution in [0.25, 0.3) is 116 Å². The highest BCUT2D eigenvalue weighted by molar-refractivity contribution is 6.20. The first-order chi connectivity index (χ1) is 29.8. The fraction of sp³-hybridized carbons (Fsp3) is 0. The lowest BCUT2D eigenvalue weighted by Gasteiger charge is -2.10.